The second-order valence-corrected chi connectivity index (χ2v) is 7.40. The molecule has 0 saturated carbocycles. The fraction of sp³-hybridized carbons (Fsp3) is 0.409. The normalized spacial score (nSPS) is 16.9. The van der Waals surface area contributed by atoms with E-state index in [1.807, 2.05) is 19.1 Å². The van der Waals surface area contributed by atoms with Crippen molar-refractivity contribution < 1.29 is 13.6 Å². The molecule has 144 valence electrons. The van der Waals surface area contributed by atoms with Crippen molar-refractivity contribution >= 4 is 5.91 Å². The van der Waals surface area contributed by atoms with Gasteiger partial charge < -0.3 is 5.32 Å². The van der Waals surface area contributed by atoms with Crippen molar-refractivity contribution in [2.75, 3.05) is 13.1 Å². The van der Waals surface area contributed by atoms with Gasteiger partial charge in [0.15, 0.2) is 0 Å². The molecule has 0 spiro atoms. The van der Waals surface area contributed by atoms with Gasteiger partial charge in [-0.15, -0.1) is 0 Å². The number of carbonyl (C=O) groups excluding carboxylic acids is 1. The van der Waals surface area contributed by atoms with Crippen LogP contribution in [0.2, 0.25) is 0 Å². The highest BCUT2D eigenvalue weighted by Crippen LogP contribution is 2.20. The van der Waals surface area contributed by atoms with Crippen LogP contribution in [-0.2, 0) is 11.3 Å². The van der Waals surface area contributed by atoms with Crippen LogP contribution >= 0.6 is 0 Å². The van der Waals surface area contributed by atoms with Gasteiger partial charge in [-0.25, -0.2) is 8.78 Å². The summed E-state index contributed by atoms with van der Waals surface area (Å²) in [6.07, 6.45) is 2.23. The Morgan fingerprint density at radius 2 is 1.59 bits per heavy atom. The van der Waals surface area contributed by atoms with Crippen molar-refractivity contribution in [1.29, 1.82) is 0 Å². The number of nitrogens with zero attached hydrogens (tertiary/aromatic N) is 1. The number of amides is 1. The summed E-state index contributed by atoms with van der Waals surface area (Å²) < 4.78 is 26.0. The molecule has 5 heteroatoms. The van der Waals surface area contributed by atoms with Crippen molar-refractivity contribution in [3.05, 3.63) is 71.3 Å². The van der Waals surface area contributed by atoms with E-state index in [-0.39, 0.29) is 29.5 Å². The van der Waals surface area contributed by atoms with Crippen LogP contribution in [0.3, 0.4) is 0 Å². The van der Waals surface area contributed by atoms with Crippen LogP contribution in [-0.4, -0.2) is 29.9 Å². The van der Waals surface area contributed by atoms with Crippen molar-refractivity contribution in [2.24, 2.45) is 0 Å². The van der Waals surface area contributed by atoms with Crippen LogP contribution in [0.5, 0.6) is 0 Å². The van der Waals surface area contributed by atoms with Crippen LogP contribution in [0, 0.1) is 11.6 Å². The molecule has 1 saturated heterocycles. The lowest BCUT2D eigenvalue weighted by Crippen LogP contribution is -2.44. The van der Waals surface area contributed by atoms with Gasteiger partial charge >= 0.3 is 0 Å². The van der Waals surface area contributed by atoms with Crippen molar-refractivity contribution in [1.82, 2.24) is 10.2 Å². The highest BCUT2D eigenvalue weighted by atomic mass is 19.1. The molecule has 0 bridgehead atoms. The Kier molecular flexibility index (Phi) is 6.56. The number of carbonyl (C=O) groups is 1. The Balaban J connectivity index is 1.41. The number of benzene rings is 2. The number of hydrogen-bond acceptors (Lipinski definition) is 2. The third-order valence-corrected chi connectivity index (χ3v) is 5.20. The summed E-state index contributed by atoms with van der Waals surface area (Å²) in [7, 11) is 0. The molecule has 27 heavy (non-hydrogen) atoms. The molecule has 0 aliphatic carbocycles. The first-order chi connectivity index (χ1) is 13.0. The molecule has 0 radical (unpaired) electrons. The monoisotopic (exact) mass is 372 g/mol. The van der Waals surface area contributed by atoms with Gasteiger partial charge in [0.25, 0.3) is 0 Å². The number of nitrogens with one attached hydrogen (secondary N) is 1. The fourth-order valence-electron chi connectivity index (χ4n) is 3.56. The SMILES string of the molecule is CC(CC(=O)NC1CCN(Cc2ccc(F)cc2)CC1)c1ccc(F)cc1. The molecular formula is C22H26F2N2O. The standard InChI is InChI=1S/C22H26F2N2O/c1-16(18-4-8-20(24)9-5-18)14-22(27)25-21-10-12-26(13-11-21)15-17-2-6-19(23)7-3-17/h2-9,16,21H,10-15H2,1H3,(H,25,27). The first kappa shape index (κ1) is 19.5. The molecule has 0 aromatic heterocycles. The van der Waals surface area contributed by atoms with Gasteiger partial charge in [-0.2, -0.15) is 0 Å². The molecule has 1 amide bonds. The van der Waals surface area contributed by atoms with E-state index in [0.717, 1.165) is 43.6 Å². The van der Waals surface area contributed by atoms with E-state index < -0.39 is 0 Å². The topological polar surface area (TPSA) is 32.3 Å². The highest BCUT2D eigenvalue weighted by molar-refractivity contribution is 5.77. The minimum Gasteiger partial charge on any atom is -0.353 e. The van der Waals surface area contributed by atoms with Gasteiger partial charge in [-0.3, -0.25) is 9.69 Å². The Morgan fingerprint density at radius 3 is 2.19 bits per heavy atom. The van der Waals surface area contributed by atoms with Gasteiger partial charge in [0.1, 0.15) is 11.6 Å². The van der Waals surface area contributed by atoms with Crippen LogP contribution in [0.25, 0.3) is 0 Å². The Labute approximate surface area is 159 Å². The minimum atomic E-state index is -0.261. The lowest BCUT2D eigenvalue weighted by Gasteiger charge is -2.32. The largest absolute Gasteiger partial charge is 0.353 e. The molecule has 2 aromatic rings. The summed E-state index contributed by atoms with van der Waals surface area (Å²) >= 11 is 0. The van der Waals surface area contributed by atoms with Crippen molar-refractivity contribution in [3.8, 4) is 0 Å². The summed E-state index contributed by atoms with van der Waals surface area (Å²) in [6.45, 7) is 4.62. The van der Waals surface area contributed by atoms with Crippen LogP contribution < -0.4 is 5.32 Å². The van der Waals surface area contributed by atoms with Gasteiger partial charge in [0, 0.05) is 32.1 Å². The Bertz CT molecular complexity index is 738. The molecule has 1 aliphatic heterocycles. The lowest BCUT2D eigenvalue weighted by atomic mass is 9.96. The molecular weight excluding hydrogens is 346 g/mol. The Morgan fingerprint density at radius 1 is 1.04 bits per heavy atom. The Hall–Kier alpha value is -2.27. The average Bonchev–Trinajstić information content (AvgIpc) is 2.65. The highest BCUT2D eigenvalue weighted by Gasteiger charge is 2.21. The molecule has 1 atom stereocenters. The third-order valence-electron chi connectivity index (χ3n) is 5.20. The zero-order valence-electron chi connectivity index (χ0n) is 15.6. The summed E-state index contributed by atoms with van der Waals surface area (Å²) in [4.78, 5) is 14.7. The fourth-order valence-corrected chi connectivity index (χ4v) is 3.56. The molecule has 1 N–H and O–H groups in total. The molecule has 1 heterocycles. The first-order valence-electron chi connectivity index (χ1n) is 9.51. The first-order valence-corrected chi connectivity index (χ1v) is 9.51. The molecule has 3 rings (SSSR count). The number of hydrogen-bond donors (Lipinski definition) is 1. The van der Waals surface area contributed by atoms with Gasteiger partial charge in [0.05, 0.1) is 0 Å². The molecule has 1 aliphatic rings. The summed E-state index contributed by atoms with van der Waals surface area (Å²) in [5.74, 6) is -0.370. The predicted molar refractivity (Wildman–Crippen MR) is 102 cm³/mol. The van der Waals surface area contributed by atoms with E-state index in [0.29, 0.717) is 6.42 Å². The van der Waals surface area contributed by atoms with Crippen LogP contribution in [0.15, 0.2) is 48.5 Å². The predicted octanol–water partition coefficient (Wildman–Crippen LogP) is 4.24. The third kappa shape index (κ3) is 5.86. The number of piperidine rings is 1. The summed E-state index contributed by atoms with van der Waals surface area (Å²) in [6, 6.07) is 13.2. The van der Waals surface area contributed by atoms with Gasteiger partial charge in [0.2, 0.25) is 5.91 Å². The lowest BCUT2D eigenvalue weighted by molar-refractivity contribution is -0.122. The maximum atomic E-state index is 13.0. The summed E-state index contributed by atoms with van der Waals surface area (Å²) in [5.41, 5.74) is 2.08. The number of rotatable bonds is 6. The zero-order valence-corrected chi connectivity index (χ0v) is 15.6. The number of halogens is 2. The zero-order chi connectivity index (χ0) is 19.2. The maximum Gasteiger partial charge on any atom is 0.220 e. The second kappa shape index (κ2) is 9.09. The molecule has 2 aromatic carbocycles. The van der Waals surface area contributed by atoms with Crippen molar-refractivity contribution in [2.45, 2.75) is 44.7 Å². The summed E-state index contributed by atoms with van der Waals surface area (Å²) in [5, 5.41) is 3.13. The van der Waals surface area contributed by atoms with E-state index in [4.69, 9.17) is 0 Å². The molecule has 1 unspecified atom stereocenters. The minimum absolute atomic E-state index is 0.0452. The van der Waals surface area contributed by atoms with Crippen LogP contribution in [0.4, 0.5) is 8.78 Å². The van der Waals surface area contributed by atoms with Gasteiger partial charge in [-0.1, -0.05) is 31.2 Å². The van der Waals surface area contributed by atoms with E-state index in [2.05, 4.69) is 10.2 Å². The smallest absolute Gasteiger partial charge is 0.220 e. The van der Waals surface area contributed by atoms with Gasteiger partial charge in [-0.05, 0) is 54.2 Å². The molecule has 3 nitrogen and oxygen atoms in total. The molecule has 1 fully saturated rings. The van der Waals surface area contributed by atoms with E-state index in [1.165, 1.54) is 24.3 Å². The van der Waals surface area contributed by atoms with E-state index in [1.54, 1.807) is 12.1 Å². The quantitative estimate of drug-likeness (QED) is 0.823. The van der Waals surface area contributed by atoms with Crippen LogP contribution in [0.1, 0.15) is 43.2 Å². The van der Waals surface area contributed by atoms with E-state index >= 15 is 0 Å². The van der Waals surface area contributed by atoms with E-state index in [9.17, 15) is 13.6 Å². The maximum absolute atomic E-state index is 13.0. The second-order valence-electron chi connectivity index (χ2n) is 7.40. The number of likely N-dealkylation sites (tertiary alicyclic amines) is 1. The average molecular weight is 372 g/mol. The van der Waals surface area contributed by atoms with Crippen molar-refractivity contribution in [3.63, 3.8) is 0 Å².